The minimum Gasteiger partial charge on any atom is -0.450 e. The third-order valence-electron chi connectivity index (χ3n) is 3.16. The molecule has 8 heteroatoms. The number of carbonyl (C=O) groups is 2. The number of benzene rings is 2. The summed E-state index contributed by atoms with van der Waals surface area (Å²) in [5.41, 5.74) is -0.681. The molecule has 124 valence electrons. The van der Waals surface area contributed by atoms with Crippen LogP contribution < -0.4 is 0 Å². The Bertz CT molecular complexity index is 807. The summed E-state index contributed by atoms with van der Waals surface area (Å²) < 4.78 is 17.8. The molecule has 2 rings (SSSR count). The molecule has 0 radical (unpaired) electrons. The van der Waals surface area contributed by atoms with Crippen molar-refractivity contribution in [1.82, 2.24) is 0 Å². The molecule has 0 amide bonds. The van der Waals surface area contributed by atoms with Crippen molar-refractivity contribution in [2.24, 2.45) is 0 Å². The van der Waals surface area contributed by atoms with Crippen LogP contribution in [-0.2, 0) is 4.74 Å². The van der Waals surface area contributed by atoms with E-state index in [2.05, 4.69) is 0 Å². The van der Waals surface area contributed by atoms with Gasteiger partial charge in [0.2, 0.25) is 5.78 Å². The number of ether oxygens (including phenoxy) is 1. The van der Waals surface area contributed by atoms with E-state index in [4.69, 9.17) is 16.3 Å². The Labute approximate surface area is 141 Å². The average molecular weight is 352 g/mol. The predicted octanol–water partition coefficient (Wildman–Crippen LogP) is 3.82. The van der Waals surface area contributed by atoms with Gasteiger partial charge >= 0.3 is 5.97 Å². The van der Waals surface area contributed by atoms with Crippen LogP contribution in [0.15, 0.2) is 42.5 Å². The van der Waals surface area contributed by atoms with Crippen LogP contribution in [0.1, 0.15) is 27.6 Å². The van der Waals surface area contributed by atoms with Gasteiger partial charge in [-0.25, -0.2) is 9.18 Å². The molecule has 0 saturated heterocycles. The van der Waals surface area contributed by atoms with Gasteiger partial charge in [0.1, 0.15) is 11.4 Å². The molecule has 2 aromatic carbocycles. The van der Waals surface area contributed by atoms with Gasteiger partial charge in [-0.1, -0.05) is 11.6 Å². The van der Waals surface area contributed by atoms with Gasteiger partial charge in [0.25, 0.3) is 5.69 Å². The lowest BCUT2D eigenvalue weighted by molar-refractivity contribution is -0.385. The number of carbonyl (C=O) groups excluding carboxylic acids is 2. The van der Waals surface area contributed by atoms with Crippen LogP contribution in [0.25, 0.3) is 0 Å². The van der Waals surface area contributed by atoms with Crippen molar-refractivity contribution in [1.29, 1.82) is 0 Å². The zero-order valence-corrected chi connectivity index (χ0v) is 13.1. The molecule has 0 aliphatic carbocycles. The summed E-state index contributed by atoms with van der Waals surface area (Å²) in [7, 11) is 0. The third kappa shape index (κ3) is 3.94. The third-order valence-corrected chi connectivity index (χ3v) is 3.39. The molecule has 0 bridgehead atoms. The zero-order chi connectivity index (χ0) is 17.9. The van der Waals surface area contributed by atoms with E-state index in [1.54, 1.807) is 0 Å². The summed E-state index contributed by atoms with van der Waals surface area (Å²) in [5, 5.41) is 11.1. The molecule has 1 unspecified atom stereocenters. The first-order valence-electron chi connectivity index (χ1n) is 6.74. The number of hydrogen-bond acceptors (Lipinski definition) is 5. The maximum atomic E-state index is 12.9. The van der Waals surface area contributed by atoms with Crippen molar-refractivity contribution in [3.05, 3.63) is 74.5 Å². The number of nitro groups is 1. The number of esters is 1. The molecule has 0 aliphatic rings. The smallest absolute Gasteiger partial charge is 0.345 e. The van der Waals surface area contributed by atoms with E-state index in [0.717, 1.165) is 24.3 Å². The first kappa shape index (κ1) is 17.6. The zero-order valence-electron chi connectivity index (χ0n) is 12.4. The molecular formula is C16H11ClFNO5. The van der Waals surface area contributed by atoms with Crippen LogP contribution >= 0.6 is 11.6 Å². The second-order valence-electron chi connectivity index (χ2n) is 4.84. The molecule has 0 N–H and O–H groups in total. The summed E-state index contributed by atoms with van der Waals surface area (Å²) in [6.45, 7) is 1.32. The molecule has 1 atom stereocenters. The van der Waals surface area contributed by atoms with Crippen molar-refractivity contribution in [2.45, 2.75) is 13.0 Å². The van der Waals surface area contributed by atoms with Crippen molar-refractivity contribution in [3.63, 3.8) is 0 Å². The molecule has 0 aromatic heterocycles. The topological polar surface area (TPSA) is 86.5 Å². The normalized spacial score (nSPS) is 11.6. The second kappa shape index (κ2) is 7.18. The van der Waals surface area contributed by atoms with Crippen molar-refractivity contribution in [2.75, 3.05) is 0 Å². The maximum absolute atomic E-state index is 12.9. The lowest BCUT2D eigenvalue weighted by atomic mass is 10.1. The summed E-state index contributed by atoms with van der Waals surface area (Å²) >= 11 is 5.67. The van der Waals surface area contributed by atoms with E-state index in [9.17, 15) is 24.1 Å². The van der Waals surface area contributed by atoms with Gasteiger partial charge in [0.05, 0.1) is 4.92 Å². The second-order valence-corrected chi connectivity index (χ2v) is 5.27. The van der Waals surface area contributed by atoms with E-state index in [1.807, 2.05) is 0 Å². The van der Waals surface area contributed by atoms with E-state index >= 15 is 0 Å². The highest BCUT2D eigenvalue weighted by atomic mass is 35.5. The van der Waals surface area contributed by atoms with Crippen molar-refractivity contribution in [3.8, 4) is 0 Å². The Morgan fingerprint density at radius 1 is 1.21 bits per heavy atom. The van der Waals surface area contributed by atoms with E-state index in [1.165, 1.54) is 25.1 Å². The molecule has 2 aromatic rings. The number of hydrogen-bond donors (Lipinski definition) is 0. The minimum absolute atomic E-state index is 0.0914. The summed E-state index contributed by atoms with van der Waals surface area (Å²) in [6, 6.07) is 8.19. The fraction of sp³-hybridized carbons (Fsp3) is 0.125. The summed E-state index contributed by atoms with van der Waals surface area (Å²) in [4.78, 5) is 34.5. The van der Waals surface area contributed by atoms with Crippen LogP contribution in [0.3, 0.4) is 0 Å². The first-order chi connectivity index (χ1) is 11.3. The molecule has 0 fully saturated rings. The lowest BCUT2D eigenvalue weighted by Crippen LogP contribution is -2.24. The predicted molar refractivity (Wildman–Crippen MR) is 83.7 cm³/mol. The van der Waals surface area contributed by atoms with E-state index in [-0.39, 0.29) is 16.1 Å². The lowest BCUT2D eigenvalue weighted by Gasteiger charge is -2.12. The number of halogens is 2. The molecule has 24 heavy (non-hydrogen) atoms. The largest absolute Gasteiger partial charge is 0.450 e. The van der Waals surface area contributed by atoms with Gasteiger partial charge in [-0.3, -0.25) is 14.9 Å². The van der Waals surface area contributed by atoms with Gasteiger partial charge in [-0.2, -0.15) is 0 Å². The van der Waals surface area contributed by atoms with E-state index < -0.39 is 34.3 Å². The average Bonchev–Trinajstić information content (AvgIpc) is 2.54. The highest BCUT2D eigenvalue weighted by Crippen LogP contribution is 2.24. The number of Topliss-reactive ketones (excluding diaryl/α,β-unsaturated/α-hetero) is 1. The number of ketones is 1. The molecule has 0 aliphatic heterocycles. The van der Waals surface area contributed by atoms with Crippen LogP contribution in [0, 0.1) is 15.9 Å². The SMILES string of the molecule is CC(OC(=O)c1ccc(Cl)cc1[N+](=O)[O-])C(=O)c1ccc(F)cc1. The van der Waals surface area contributed by atoms with Gasteiger partial charge in [0, 0.05) is 16.7 Å². The Hall–Kier alpha value is -2.80. The van der Waals surface area contributed by atoms with Crippen LogP contribution in [0.4, 0.5) is 10.1 Å². The van der Waals surface area contributed by atoms with Crippen LogP contribution in [-0.4, -0.2) is 22.8 Å². The van der Waals surface area contributed by atoms with Crippen molar-refractivity contribution < 1.29 is 23.6 Å². The fourth-order valence-electron chi connectivity index (χ4n) is 1.95. The Morgan fingerprint density at radius 2 is 1.83 bits per heavy atom. The standard InChI is InChI=1S/C16H11ClFNO5/c1-9(15(20)10-2-5-12(18)6-3-10)24-16(21)13-7-4-11(17)8-14(13)19(22)23/h2-9H,1H3. The van der Waals surface area contributed by atoms with Gasteiger partial charge in [-0.05, 0) is 43.3 Å². The quantitative estimate of drug-likeness (QED) is 0.354. The molecule has 6 nitrogen and oxygen atoms in total. The number of nitro benzene ring substituents is 1. The minimum atomic E-state index is -1.20. The highest BCUT2D eigenvalue weighted by molar-refractivity contribution is 6.31. The monoisotopic (exact) mass is 351 g/mol. The molecule has 0 saturated carbocycles. The van der Waals surface area contributed by atoms with Gasteiger partial charge in [-0.15, -0.1) is 0 Å². The maximum Gasteiger partial charge on any atom is 0.345 e. The Balaban J connectivity index is 2.18. The van der Waals surface area contributed by atoms with Crippen LogP contribution in [0.2, 0.25) is 5.02 Å². The molecule has 0 spiro atoms. The Kier molecular flexibility index (Phi) is 5.25. The summed E-state index contributed by atoms with van der Waals surface area (Å²) in [5.74, 6) is -2.09. The Morgan fingerprint density at radius 3 is 2.42 bits per heavy atom. The summed E-state index contributed by atoms with van der Waals surface area (Å²) in [6.07, 6.45) is -1.20. The van der Waals surface area contributed by atoms with Gasteiger partial charge in [0.15, 0.2) is 6.10 Å². The molecule has 0 heterocycles. The van der Waals surface area contributed by atoms with E-state index in [0.29, 0.717) is 0 Å². The van der Waals surface area contributed by atoms with Crippen LogP contribution in [0.5, 0.6) is 0 Å². The van der Waals surface area contributed by atoms with Gasteiger partial charge < -0.3 is 4.74 Å². The highest BCUT2D eigenvalue weighted by Gasteiger charge is 2.26. The fourth-order valence-corrected chi connectivity index (χ4v) is 2.12. The molecular weight excluding hydrogens is 341 g/mol. The number of rotatable bonds is 5. The number of nitrogens with zero attached hydrogens (tertiary/aromatic N) is 1. The first-order valence-corrected chi connectivity index (χ1v) is 7.12. The van der Waals surface area contributed by atoms with Crippen molar-refractivity contribution >= 4 is 29.0 Å².